The highest BCUT2D eigenvalue weighted by atomic mass is 32.1. The maximum atomic E-state index is 9.04. The normalized spacial score (nSPS) is 13.1. The molecule has 1 unspecified atom stereocenters. The number of nitrogens with one attached hydrogen (secondary N) is 1. The Balaban J connectivity index is 2.41. The van der Waals surface area contributed by atoms with Crippen molar-refractivity contribution < 1.29 is 9.84 Å². The first kappa shape index (κ1) is 12.6. The molecule has 0 saturated heterocycles. The van der Waals surface area contributed by atoms with E-state index in [4.69, 9.17) is 9.84 Å². The van der Waals surface area contributed by atoms with Crippen LogP contribution in [0.25, 0.3) is 0 Å². The van der Waals surface area contributed by atoms with Gasteiger partial charge in [0.05, 0.1) is 24.9 Å². The standard InChI is InChI=1S/C10H18N2O2S/c1-7-8(2)15-10(12-7)4-11-9(5-13)6-14-3/h9,11,13H,4-6H2,1-3H3. The minimum atomic E-state index is -0.0143. The molecule has 0 saturated carbocycles. The zero-order chi connectivity index (χ0) is 11.3. The number of aliphatic hydroxyl groups is 1. The van der Waals surface area contributed by atoms with Gasteiger partial charge in [-0.25, -0.2) is 4.98 Å². The van der Waals surface area contributed by atoms with Crippen LogP contribution in [-0.4, -0.2) is 36.5 Å². The molecule has 2 N–H and O–H groups in total. The third kappa shape index (κ3) is 3.87. The molecular weight excluding hydrogens is 212 g/mol. The molecule has 86 valence electrons. The van der Waals surface area contributed by atoms with Gasteiger partial charge in [-0.2, -0.15) is 0 Å². The lowest BCUT2D eigenvalue weighted by Crippen LogP contribution is -2.35. The van der Waals surface area contributed by atoms with Gasteiger partial charge in [0.1, 0.15) is 5.01 Å². The molecule has 1 aromatic heterocycles. The predicted octanol–water partition coefficient (Wildman–Crippen LogP) is 0.857. The van der Waals surface area contributed by atoms with Gasteiger partial charge in [-0.05, 0) is 13.8 Å². The number of ether oxygens (including phenoxy) is 1. The second kappa shape index (κ2) is 6.17. The summed E-state index contributed by atoms with van der Waals surface area (Å²) < 4.78 is 4.97. The lowest BCUT2D eigenvalue weighted by atomic mass is 10.3. The van der Waals surface area contributed by atoms with E-state index < -0.39 is 0 Å². The summed E-state index contributed by atoms with van der Waals surface area (Å²) in [5.41, 5.74) is 1.09. The van der Waals surface area contributed by atoms with Crippen molar-refractivity contribution >= 4 is 11.3 Å². The Kier molecular flexibility index (Phi) is 5.17. The minimum Gasteiger partial charge on any atom is -0.395 e. The van der Waals surface area contributed by atoms with Crippen molar-refractivity contribution in [3.05, 3.63) is 15.6 Å². The molecule has 0 aromatic carbocycles. The largest absolute Gasteiger partial charge is 0.395 e. The lowest BCUT2D eigenvalue weighted by Gasteiger charge is -2.13. The molecule has 0 spiro atoms. The van der Waals surface area contributed by atoms with Gasteiger partial charge in [0.25, 0.3) is 0 Å². The van der Waals surface area contributed by atoms with Gasteiger partial charge in [-0.3, -0.25) is 0 Å². The fourth-order valence-electron chi connectivity index (χ4n) is 1.22. The molecule has 0 radical (unpaired) electrons. The van der Waals surface area contributed by atoms with Crippen LogP contribution in [0.3, 0.4) is 0 Å². The third-order valence-electron chi connectivity index (χ3n) is 2.20. The summed E-state index contributed by atoms with van der Waals surface area (Å²) in [5, 5.41) is 13.3. The van der Waals surface area contributed by atoms with Crippen molar-refractivity contribution in [1.29, 1.82) is 0 Å². The number of aryl methyl sites for hydroxylation is 2. The number of hydrogen-bond acceptors (Lipinski definition) is 5. The fourth-order valence-corrected chi connectivity index (χ4v) is 2.11. The van der Waals surface area contributed by atoms with E-state index in [9.17, 15) is 0 Å². The van der Waals surface area contributed by atoms with Gasteiger partial charge in [-0.1, -0.05) is 0 Å². The Morgan fingerprint density at radius 2 is 2.27 bits per heavy atom. The number of rotatable bonds is 6. The van der Waals surface area contributed by atoms with Crippen LogP contribution in [0.2, 0.25) is 0 Å². The first-order chi connectivity index (χ1) is 7.17. The van der Waals surface area contributed by atoms with Gasteiger partial charge in [0, 0.05) is 18.5 Å². The van der Waals surface area contributed by atoms with Gasteiger partial charge in [-0.15, -0.1) is 11.3 Å². The van der Waals surface area contributed by atoms with E-state index >= 15 is 0 Å². The first-order valence-electron chi connectivity index (χ1n) is 4.93. The van der Waals surface area contributed by atoms with E-state index in [-0.39, 0.29) is 12.6 Å². The number of aliphatic hydroxyl groups excluding tert-OH is 1. The van der Waals surface area contributed by atoms with Gasteiger partial charge < -0.3 is 15.2 Å². The number of aromatic nitrogens is 1. The molecule has 0 amide bonds. The lowest BCUT2D eigenvalue weighted by molar-refractivity contribution is 0.128. The SMILES string of the molecule is COCC(CO)NCc1nc(C)c(C)s1. The number of thiazole rings is 1. The summed E-state index contributed by atoms with van der Waals surface area (Å²) in [6.07, 6.45) is 0. The van der Waals surface area contributed by atoms with E-state index in [0.717, 1.165) is 10.7 Å². The van der Waals surface area contributed by atoms with E-state index in [1.807, 2.05) is 6.92 Å². The highest BCUT2D eigenvalue weighted by Crippen LogP contribution is 2.15. The van der Waals surface area contributed by atoms with Crippen LogP contribution in [0.1, 0.15) is 15.6 Å². The van der Waals surface area contributed by atoms with Crippen molar-refractivity contribution in [3.8, 4) is 0 Å². The van der Waals surface area contributed by atoms with Crippen LogP contribution < -0.4 is 5.32 Å². The number of hydrogen-bond donors (Lipinski definition) is 2. The van der Waals surface area contributed by atoms with Crippen molar-refractivity contribution in [1.82, 2.24) is 10.3 Å². The highest BCUT2D eigenvalue weighted by molar-refractivity contribution is 7.11. The van der Waals surface area contributed by atoms with Crippen molar-refractivity contribution in [2.45, 2.75) is 26.4 Å². The van der Waals surface area contributed by atoms with Crippen LogP contribution >= 0.6 is 11.3 Å². The maximum Gasteiger partial charge on any atom is 0.107 e. The summed E-state index contributed by atoms with van der Waals surface area (Å²) >= 11 is 1.69. The first-order valence-corrected chi connectivity index (χ1v) is 5.75. The van der Waals surface area contributed by atoms with Crippen LogP contribution in [0.4, 0.5) is 0 Å². The van der Waals surface area contributed by atoms with E-state index in [2.05, 4.69) is 17.2 Å². The smallest absolute Gasteiger partial charge is 0.107 e. The Bertz CT molecular complexity index is 282. The molecule has 0 bridgehead atoms. The molecule has 5 heteroatoms. The molecule has 0 aliphatic heterocycles. The van der Waals surface area contributed by atoms with Gasteiger partial charge >= 0.3 is 0 Å². The molecule has 1 heterocycles. The molecule has 15 heavy (non-hydrogen) atoms. The molecule has 0 aliphatic rings. The van der Waals surface area contributed by atoms with E-state index in [1.165, 1.54) is 4.88 Å². The summed E-state index contributed by atoms with van der Waals surface area (Å²) in [6.45, 7) is 5.36. The molecule has 0 aliphatic carbocycles. The number of nitrogens with zero attached hydrogens (tertiary/aromatic N) is 1. The van der Waals surface area contributed by atoms with Crippen LogP contribution in [0.5, 0.6) is 0 Å². The summed E-state index contributed by atoms with van der Waals surface area (Å²) in [6, 6.07) is -0.0143. The van der Waals surface area contributed by atoms with Gasteiger partial charge in [0.15, 0.2) is 0 Å². The molecular formula is C10H18N2O2S. The zero-order valence-electron chi connectivity index (χ0n) is 9.41. The summed E-state index contributed by atoms with van der Waals surface area (Å²) in [5.74, 6) is 0. The predicted molar refractivity (Wildman–Crippen MR) is 61.2 cm³/mol. The second-order valence-electron chi connectivity index (χ2n) is 3.46. The van der Waals surface area contributed by atoms with Crippen LogP contribution in [0.15, 0.2) is 0 Å². The third-order valence-corrected chi connectivity index (χ3v) is 3.28. The monoisotopic (exact) mass is 230 g/mol. The van der Waals surface area contributed by atoms with Crippen molar-refractivity contribution in [2.24, 2.45) is 0 Å². The average Bonchev–Trinajstić information content (AvgIpc) is 2.53. The fraction of sp³-hybridized carbons (Fsp3) is 0.700. The van der Waals surface area contributed by atoms with E-state index in [1.54, 1.807) is 18.4 Å². The van der Waals surface area contributed by atoms with Crippen LogP contribution in [0, 0.1) is 13.8 Å². The maximum absolute atomic E-state index is 9.04. The Morgan fingerprint density at radius 3 is 2.73 bits per heavy atom. The minimum absolute atomic E-state index is 0.0143. The summed E-state index contributed by atoms with van der Waals surface area (Å²) in [4.78, 5) is 5.66. The quantitative estimate of drug-likeness (QED) is 0.761. The average molecular weight is 230 g/mol. The molecule has 4 nitrogen and oxygen atoms in total. The van der Waals surface area contributed by atoms with Crippen LogP contribution in [-0.2, 0) is 11.3 Å². The Morgan fingerprint density at radius 1 is 1.53 bits per heavy atom. The molecule has 1 atom stereocenters. The molecule has 1 rings (SSSR count). The van der Waals surface area contributed by atoms with Crippen molar-refractivity contribution in [2.75, 3.05) is 20.3 Å². The molecule has 1 aromatic rings. The highest BCUT2D eigenvalue weighted by Gasteiger charge is 2.08. The Labute approximate surface area is 94.3 Å². The van der Waals surface area contributed by atoms with E-state index in [0.29, 0.717) is 13.2 Å². The Hall–Kier alpha value is -0.490. The van der Waals surface area contributed by atoms with Gasteiger partial charge in [0.2, 0.25) is 0 Å². The van der Waals surface area contributed by atoms with Crippen molar-refractivity contribution in [3.63, 3.8) is 0 Å². The number of methoxy groups -OCH3 is 1. The second-order valence-corrected chi connectivity index (χ2v) is 4.75. The zero-order valence-corrected chi connectivity index (χ0v) is 10.2. The molecule has 0 fully saturated rings. The topological polar surface area (TPSA) is 54.4 Å². The summed E-state index contributed by atoms with van der Waals surface area (Å²) in [7, 11) is 1.63.